The first kappa shape index (κ1) is 13.6. The van der Waals surface area contributed by atoms with E-state index >= 15 is 0 Å². The van der Waals surface area contributed by atoms with Crippen molar-refractivity contribution in [1.82, 2.24) is 10.1 Å². The highest BCUT2D eigenvalue weighted by molar-refractivity contribution is 5.52. The van der Waals surface area contributed by atoms with E-state index < -0.39 is 17.7 Å². The third-order valence-corrected chi connectivity index (χ3v) is 2.38. The lowest BCUT2D eigenvalue weighted by molar-refractivity contribution is 0.130. The van der Waals surface area contributed by atoms with E-state index in [9.17, 15) is 8.78 Å². The molecule has 0 amide bonds. The first-order valence-electron chi connectivity index (χ1n) is 5.73. The van der Waals surface area contributed by atoms with E-state index in [-0.39, 0.29) is 23.9 Å². The smallest absolute Gasteiger partial charge is 0.258 e. The summed E-state index contributed by atoms with van der Waals surface area (Å²) >= 11 is 0. The minimum absolute atomic E-state index is 0.0142. The topological polar surface area (TPSA) is 74.2 Å². The third-order valence-electron chi connectivity index (χ3n) is 2.38. The minimum Gasteiger partial charge on any atom is -0.380 e. The second-order valence-electron chi connectivity index (χ2n) is 3.88. The molecule has 2 N–H and O–H groups in total. The summed E-state index contributed by atoms with van der Waals surface area (Å²) in [5.74, 6) is -1.19. The molecule has 7 heteroatoms. The summed E-state index contributed by atoms with van der Waals surface area (Å²) in [5, 5.41) is 3.67. The molecule has 0 radical (unpaired) electrons. The Morgan fingerprint density at radius 2 is 2.00 bits per heavy atom. The molecule has 0 aliphatic rings. The molecule has 102 valence electrons. The van der Waals surface area contributed by atoms with Crippen molar-refractivity contribution in [3.8, 4) is 11.5 Å². The Balaban J connectivity index is 2.20. The number of nitrogens with two attached hydrogens (primary N) is 1. The van der Waals surface area contributed by atoms with E-state index in [0.717, 1.165) is 18.2 Å². The Hall–Kier alpha value is -1.86. The van der Waals surface area contributed by atoms with Crippen molar-refractivity contribution < 1.29 is 18.0 Å². The maximum absolute atomic E-state index is 13.1. The Labute approximate surface area is 108 Å². The summed E-state index contributed by atoms with van der Waals surface area (Å²) in [6, 6.07) is 2.43. The van der Waals surface area contributed by atoms with Crippen LogP contribution in [0.25, 0.3) is 11.5 Å². The van der Waals surface area contributed by atoms with Gasteiger partial charge in [-0.15, -0.1) is 0 Å². The Kier molecular flexibility index (Phi) is 4.18. The Morgan fingerprint density at radius 3 is 2.63 bits per heavy atom. The summed E-state index contributed by atoms with van der Waals surface area (Å²) in [5.41, 5.74) is 5.94. The number of hydrogen-bond acceptors (Lipinski definition) is 5. The van der Waals surface area contributed by atoms with Crippen LogP contribution in [0.5, 0.6) is 0 Å². The highest BCUT2D eigenvalue weighted by Gasteiger charge is 2.16. The van der Waals surface area contributed by atoms with Crippen LogP contribution in [0.2, 0.25) is 0 Å². The average molecular weight is 269 g/mol. The van der Waals surface area contributed by atoms with Crippen molar-refractivity contribution in [1.29, 1.82) is 0 Å². The van der Waals surface area contributed by atoms with Crippen LogP contribution in [0.3, 0.4) is 0 Å². The molecule has 2 aromatic rings. The minimum atomic E-state index is -0.714. The first-order chi connectivity index (χ1) is 9.10. The monoisotopic (exact) mass is 269 g/mol. The molecule has 5 nitrogen and oxygen atoms in total. The predicted octanol–water partition coefficient (Wildman–Crippen LogP) is 2.05. The number of ether oxygens (including phenoxy) is 1. The molecular formula is C12H13F2N3O2. The zero-order valence-corrected chi connectivity index (χ0v) is 10.3. The molecule has 1 heterocycles. The highest BCUT2D eigenvalue weighted by Crippen LogP contribution is 2.21. The number of rotatable bonds is 5. The van der Waals surface area contributed by atoms with Gasteiger partial charge in [-0.25, -0.2) is 8.78 Å². The molecule has 1 atom stereocenters. The van der Waals surface area contributed by atoms with Crippen LogP contribution in [0.1, 0.15) is 18.8 Å². The van der Waals surface area contributed by atoms with E-state index in [1.807, 2.05) is 6.92 Å². The number of hydrogen-bond donors (Lipinski definition) is 1. The standard InChI is InChI=1S/C12H13F2N3O2/c1-2-18-6-10(15)11-16-12(19-17-11)7-3-8(13)5-9(14)4-7/h3-5,10H,2,6,15H2,1H3. The molecule has 0 bridgehead atoms. The van der Waals surface area contributed by atoms with Crippen molar-refractivity contribution >= 4 is 0 Å². The van der Waals surface area contributed by atoms with Gasteiger partial charge in [-0.2, -0.15) is 4.98 Å². The largest absolute Gasteiger partial charge is 0.380 e. The third kappa shape index (κ3) is 3.33. The Bertz CT molecular complexity index is 539. The summed E-state index contributed by atoms with van der Waals surface area (Å²) in [4.78, 5) is 4.00. The van der Waals surface area contributed by atoms with Crippen molar-refractivity contribution in [3.63, 3.8) is 0 Å². The van der Waals surface area contributed by atoms with Gasteiger partial charge >= 0.3 is 0 Å². The zero-order valence-electron chi connectivity index (χ0n) is 10.3. The lowest BCUT2D eigenvalue weighted by atomic mass is 10.2. The van der Waals surface area contributed by atoms with E-state index in [1.165, 1.54) is 0 Å². The number of nitrogens with zero attached hydrogens (tertiary/aromatic N) is 2. The van der Waals surface area contributed by atoms with Crippen molar-refractivity contribution in [2.45, 2.75) is 13.0 Å². The second-order valence-corrected chi connectivity index (χ2v) is 3.88. The Morgan fingerprint density at radius 1 is 1.32 bits per heavy atom. The summed E-state index contributed by atoms with van der Waals surface area (Å²) in [7, 11) is 0. The summed E-state index contributed by atoms with van der Waals surface area (Å²) in [6.07, 6.45) is 0. The summed E-state index contributed by atoms with van der Waals surface area (Å²) < 4.78 is 36.2. The van der Waals surface area contributed by atoms with Gasteiger partial charge in [0.25, 0.3) is 5.89 Å². The second kappa shape index (κ2) is 5.85. The fourth-order valence-corrected chi connectivity index (χ4v) is 1.50. The molecule has 19 heavy (non-hydrogen) atoms. The van der Waals surface area contributed by atoms with Gasteiger partial charge in [-0.3, -0.25) is 0 Å². The summed E-state index contributed by atoms with van der Waals surface area (Å²) in [6.45, 7) is 2.60. The van der Waals surface area contributed by atoms with E-state index in [4.69, 9.17) is 15.0 Å². The molecule has 0 saturated carbocycles. The van der Waals surface area contributed by atoms with Gasteiger partial charge in [0.05, 0.1) is 12.6 Å². The lowest BCUT2D eigenvalue weighted by Gasteiger charge is -2.05. The number of aromatic nitrogens is 2. The lowest BCUT2D eigenvalue weighted by Crippen LogP contribution is -2.18. The van der Waals surface area contributed by atoms with E-state index in [1.54, 1.807) is 0 Å². The van der Waals surface area contributed by atoms with Gasteiger partial charge in [0.1, 0.15) is 11.6 Å². The highest BCUT2D eigenvalue weighted by atomic mass is 19.1. The van der Waals surface area contributed by atoms with Crippen LogP contribution < -0.4 is 5.73 Å². The van der Waals surface area contributed by atoms with E-state index in [0.29, 0.717) is 6.61 Å². The predicted molar refractivity (Wildman–Crippen MR) is 63.1 cm³/mol. The zero-order chi connectivity index (χ0) is 13.8. The van der Waals surface area contributed by atoms with E-state index in [2.05, 4.69) is 10.1 Å². The van der Waals surface area contributed by atoms with Crippen LogP contribution >= 0.6 is 0 Å². The number of halogens is 2. The van der Waals surface area contributed by atoms with Gasteiger partial charge in [-0.05, 0) is 19.1 Å². The van der Waals surface area contributed by atoms with Crippen molar-refractivity contribution in [2.24, 2.45) is 5.73 Å². The molecule has 1 aromatic carbocycles. The molecule has 1 unspecified atom stereocenters. The van der Waals surface area contributed by atoms with Gasteiger partial charge < -0.3 is 15.0 Å². The molecular weight excluding hydrogens is 256 g/mol. The first-order valence-corrected chi connectivity index (χ1v) is 5.73. The SMILES string of the molecule is CCOCC(N)c1noc(-c2cc(F)cc(F)c2)n1. The van der Waals surface area contributed by atoms with Crippen molar-refractivity contribution in [3.05, 3.63) is 35.7 Å². The normalized spacial score (nSPS) is 12.6. The van der Waals surface area contributed by atoms with Crippen LogP contribution in [0.15, 0.2) is 22.7 Å². The quantitative estimate of drug-likeness (QED) is 0.899. The van der Waals surface area contributed by atoms with Gasteiger partial charge in [-0.1, -0.05) is 5.16 Å². The number of benzene rings is 1. The fraction of sp³-hybridized carbons (Fsp3) is 0.333. The molecule has 0 fully saturated rings. The maximum Gasteiger partial charge on any atom is 0.258 e. The van der Waals surface area contributed by atoms with Crippen LogP contribution in [-0.4, -0.2) is 23.4 Å². The molecule has 0 saturated heterocycles. The molecule has 0 aliphatic heterocycles. The maximum atomic E-state index is 13.1. The van der Waals surface area contributed by atoms with Gasteiger partial charge in [0, 0.05) is 18.2 Å². The molecule has 2 rings (SSSR count). The molecule has 0 spiro atoms. The van der Waals surface area contributed by atoms with Crippen LogP contribution in [0, 0.1) is 11.6 Å². The van der Waals surface area contributed by atoms with Crippen LogP contribution in [0.4, 0.5) is 8.78 Å². The average Bonchev–Trinajstić information content (AvgIpc) is 2.84. The van der Waals surface area contributed by atoms with Crippen LogP contribution in [-0.2, 0) is 4.74 Å². The van der Waals surface area contributed by atoms with Crippen molar-refractivity contribution in [2.75, 3.05) is 13.2 Å². The molecule has 1 aromatic heterocycles. The fourth-order valence-electron chi connectivity index (χ4n) is 1.50. The van der Waals surface area contributed by atoms with Gasteiger partial charge in [0.2, 0.25) is 0 Å². The van der Waals surface area contributed by atoms with Gasteiger partial charge in [0.15, 0.2) is 5.82 Å². The molecule has 0 aliphatic carbocycles.